The van der Waals surface area contributed by atoms with Crippen LogP contribution in [0.3, 0.4) is 0 Å². The zero-order valence-corrected chi connectivity index (χ0v) is 13.4. The summed E-state index contributed by atoms with van der Waals surface area (Å²) in [6, 6.07) is 0. The number of carbonyl (C=O) groups excluding carboxylic acids is 2. The van der Waals surface area contributed by atoms with Gasteiger partial charge in [-0.05, 0) is 46.6 Å². The number of aromatic amines is 1. The molecule has 5 nitrogen and oxygen atoms in total. The number of nitrogens with one attached hydrogen (secondary N) is 1. The molecular weight excluding hydrogens is 268 g/mol. The van der Waals surface area contributed by atoms with Gasteiger partial charge in [0.2, 0.25) is 0 Å². The summed E-state index contributed by atoms with van der Waals surface area (Å²) < 4.78 is 5.48. The largest absolute Gasteiger partial charge is 0.459 e. The van der Waals surface area contributed by atoms with Gasteiger partial charge in [-0.3, -0.25) is 9.59 Å². The van der Waals surface area contributed by atoms with Crippen LogP contribution in [-0.2, 0) is 9.53 Å². The molecule has 0 radical (unpaired) electrons. The van der Waals surface area contributed by atoms with E-state index >= 15 is 0 Å². The standard InChI is InChI=1S/C16H24N2O3/c1-11-8-17-9-12(11)13(19)18-7-6-16(5,10-18)14(20)21-15(2,3)4/h8-9,17H,6-7,10H2,1-5H3/t16-/m1/s1. The number of hydrogen-bond acceptors (Lipinski definition) is 3. The molecule has 116 valence electrons. The third-order valence-corrected chi connectivity index (χ3v) is 3.83. The lowest BCUT2D eigenvalue weighted by molar-refractivity contribution is -0.165. The summed E-state index contributed by atoms with van der Waals surface area (Å²) >= 11 is 0. The minimum absolute atomic E-state index is 0.0268. The van der Waals surface area contributed by atoms with Crippen molar-refractivity contribution >= 4 is 11.9 Å². The van der Waals surface area contributed by atoms with Crippen molar-refractivity contribution in [3.8, 4) is 0 Å². The van der Waals surface area contributed by atoms with Gasteiger partial charge in [0.05, 0.1) is 11.0 Å². The number of carbonyl (C=O) groups is 2. The van der Waals surface area contributed by atoms with Crippen molar-refractivity contribution < 1.29 is 14.3 Å². The van der Waals surface area contributed by atoms with Gasteiger partial charge in [-0.25, -0.2) is 0 Å². The van der Waals surface area contributed by atoms with Crippen LogP contribution in [0.4, 0.5) is 0 Å². The van der Waals surface area contributed by atoms with E-state index < -0.39 is 11.0 Å². The Kier molecular flexibility index (Phi) is 3.87. The molecule has 1 aromatic heterocycles. The highest BCUT2D eigenvalue weighted by molar-refractivity contribution is 5.96. The van der Waals surface area contributed by atoms with E-state index in [0.717, 1.165) is 5.56 Å². The van der Waals surface area contributed by atoms with Crippen LogP contribution in [-0.4, -0.2) is 40.5 Å². The molecule has 0 spiro atoms. The molecule has 1 saturated heterocycles. The van der Waals surface area contributed by atoms with Gasteiger partial charge in [0.1, 0.15) is 5.60 Å². The molecule has 0 bridgehead atoms. The number of aryl methyl sites for hydroxylation is 1. The van der Waals surface area contributed by atoms with E-state index in [1.165, 1.54) is 0 Å². The summed E-state index contributed by atoms with van der Waals surface area (Å²) in [4.78, 5) is 29.5. The molecule has 0 aromatic carbocycles. The summed E-state index contributed by atoms with van der Waals surface area (Å²) in [5.41, 5.74) is 0.469. The van der Waals surface area contributed by atoms with Gasteiger partial charge in [0, 0.05) is 25.5 Å². The molecule has 0 aliphatic carbocycles. The Labute approximate surface area is 125 Å². The number of hydrogen-bond donors (Lipinski definition) is 1. The quantitative estimate of drug-likeness (QED) is 0.852. The molecule has 2 heterocycles. The second-order valence-corrected chi connectivity index (χ2v) is 7.09. The molecule has 1 aromatic rings. The maximum absolute atomic E-state index is 12.5. The number of rotatable bonds is 2. The van der Waals surface area contributed by atoms with E-state index in [9.17, 15) is 9.59 Å². The smallest absolute Gasteiger partial charge is 0.314 e. The van der Waals surface area contributed by atoms with Crippen LogP contribution in [0.2, 0.25) is 0 Å². The van der Waals surface area contributed by atoms with E-state index in [1.807, 2.05) is 34.6 Å². The van der Waals surface area contributed by atoms with Crippen LogP contribution >= 0.6 is 0 Å². The van der Waals surface area contributed by atoms with Crippen molar-refractivity contribution in [3.63, 3.8) is 0 Å². The minimum Gasteiger partial charge on any atom is -0.459 e. The molecule has 5 heteroatoms. The maximum Gasteiger partial charge on any atom is 0.314 e. The molecule has 2 rings (SSSR count). The van der Waals surface area contributed by atoms with Crippen molar-refractivity contribution in [1.82, 2.24) is 9.88 Å². The molecule has 1 atom stereocenters. The summed E-state index contributed by atoms with van der Waals surface area (Å²) in [6.45, 7) is 10.3. The average molecular weight is 292 g/mol. The highest BCUT2D eigenvalue weighted by Gasteiger charge is 2.44. The molecule has 1 aliphatic rings. The van der Waals surface area contributed by atoms with Crippen LogP contribution in [0, 0.1) is 12.3 Å². The molecule has 1 N–H and O–H groups in total. The van der Waals surface area contributed by atoms with Crippen LogP contribution < -0.4 is 0 Å². The normalized spacial score (nSPS) is 22.4. The van der Waals surface area contributed by atoms with E-state index in [-0.39, 0.29) is 11.9 Å². The van der Waals surface area contributed by atoms with Crippen LogP contribution in [0.1, 0.15) is 50.0 Å². The molecule has 21 heavy (non-hydrogen) atoms. The molecule has 0 unspecified atom stereocenters. The number of esters is 1. The van der Waals surface area contributed by atoms with Crippen molar-refractivity contribution in [3.05, 3.63) is 23.5 Å². The van der Waals surface area contributed by atoms with E-state index in [1.54, 1.807) is 17.3 Å². The van der Waals surface area contributed by atoms with Crippen molar-refractivity contribution in [2.45, 2.75) is 46.6 Å². The second kappa shape index (κ2) is 5.20. The molecule has 1 amide bonds. The Morgan fingerprint density at radius 1 is 1.33 bits per heavy atom. The first-order valence-corrected chi connectivity index (χ1v) is 7.28. The molecule has 0 saturated carbocycles. The fourth-order valence-corrected chi connectivity index (χ4v) is 2.54. The van der Waals surface area contributed by atoms with Gasteiger partial charge in [0.25, 0.3) is 5.91 Å². The number of ether oxygens (including phenoxy) is 1. The van der Waals surface area contributed by atoms with Crippen molar-refractivity contribution in [1.29, 1.82) is 0 Å². The highest BCUT2D eigenvalue weighted by atomic mass is 16.6. The molecule has 1 fully saturated rings. The second-order valence-electron chi connectivity index (χ2n) is 7.09. The predicted octanol–water partition coefficient (Wildman–Crippen LogP) is 2.52. The van der Waals surface area contributed by atoms with Gasteiger partial charge < -0.3 is 14.6 Å². The average Bonchev–Trinajstić information content (AvgIpc) is 2.94. The Morgan fingerprint density at radius 2 is 2.00 bits per heavy atom. The van der Waals surface area contributed by atoms with E-state index in [2.05, 4.69) is 4.98 Å². The lowest BCUT2D eigenvalue weighted by atomic mass is 9.90. The van der Waals surface area contributed by atoms with Gasteiger partial charge in [-0.2, -0.15) is 0 Å². The number of amides is 1. The summed E-state index contributed by atoms with van der Waals surface area (Å²) in [5.74, 6) is -0.253. The number of likely N-dealkylation sites (tertiary alicyclic amines) is 1. The predicted molar refractivity (Wildman–Crippen MR) is 80.0 cm³/mol. The van der Waals surface area contributed by atoms with Gasteiger partial charge in [-0.1, -0.05) is 0 Å². The topological polar surface area (TPSA) is 62.4 Å². The molecule has 1 aliphatic heterocycles. The van der Waals surface area contributed by atoms with Crippen LogP contribution in [0.15, 0.2) is 12.4 Å². The van der Waals surface area contributed by atoms with Crippen LogP contribution in [0.25, 0.3) is 0 Å². The number of aromatic nitrogens is 1. The first kappa shape index (κ1) is 15.6. The lowest BCUT2D eigenvalue weighted by Gasteiger charge is -2.28. The summed E-state index contributed by atoms with van der Waals surface area (Å²) in [7, 11) is 0. The highest BCUT2D eigenvalue weighted by Crippen LogP contribution is 2.33. The van der Waals surface area contributed by atoms with Crippen molar-refractivity contribution in [2.75, 3.05) is 13.1 Å². The van der Waals surface area contributed by atoms with Crippen molar-refractivity contribution in [2.24, 2.45) is 5.41 Å². The number of nitrogens with zero attached hydrogens (tertiary/aromatic N) is 1. The third kappa shape index (κ3) is 3.28. The van der Waals surface area contributed by atoms with E-state index in [4.69, 9.17) is 4.74 Å². The molecular formula is C16H24N2O3. The Hall–Kier alpha value is -1.78. The fraction of sp³-hybridized carbons (Fsp3) is 0.625. The first-order valence-electron chi connectivity index (χ1n) is 7.28. The summed E-state index contributed by atoms with van der Waals surface area (Å²) in [5, 5.41) is 0. The third-order valence-electron chi connectivity index (χ3n) is 3.83. The SMILES string of the molecule is Cc1c[nH]cc1C(=O)N1CC[C@@](C)(C(=O)OC(C)(C)C)C1. The monoisotopic (exact) mass is 292 g/mol. The Balaban J connectivity index is 2.08. The zero-order chi connectivity index (χ0) is 15.8. The maximum atomic E-state index is 12.5. The fourth-order valence-electron chi connectivity index (χ4n) is 2.54. The zero-order valence-electron chi connectivity index (χ0n) is 13.4. The van der Waals surface area contributed by atoms with Gasteiger partial charge in [-0.15, -0.1) is 0 Å². The van der Waals surface area contributed by atoms with Gasteiger partial charge in [0.15, 0.2) is 0 Å². The van der Waals surface area contributed by atoms with E-state index in [0.29, 0.717) is 25.1 Å². The number of H-pyrrole nitrogens is 1. The van der Waals surface area contributed by atoms with Gasteiger partial charge >= 0.3 is 5.97 Å². The summed E-state index contributed by atoms with van der Waals surface area (Å²) in [6.07, 6.45) is 4.15. The van der Waals surface area contributed by atoms with Crippen LogP contribution in [0.5, 0.6) is 0 Å². The Bertz CT molecular complexity index is 556. The minimum atomic E-state index is -0.618. The Morgan fingerprint density at radius 3 is 2.52 bits per heavy atom. The lowest BCUT2D eigenvalue weighted by Crippen LogP contribution is -2.39. The first-order chi connectivity index (χ1) is 9.62.